The van der Waals surface area contributed by atoms with Gasteiger partial charge in [0.15, 0.2) is 0 Å². The Labute approximate surface area is 220 Å². The molecule has 1 aromatic carbocycles. The summed E-state index contributed by atoms with van der Waals surface area (Å²) in [5.41, 5.74) is 0.0702. The maximum atomic E-state index is 13.9. The molecule has 0 bridgehead atoms. The van der Waals surface area contributed by atoms with Crippen LogP contribution in [-0.4, -0.2) is 66.5 Å². The Morgan fingerprint density at radius 3 is 2.43 bits per heavy atom. The predicted octanol–water partition coefficient (Wildman–Crippen LogP) is 4.66. The Balaban J connectivity index is 1.49. The fourth-order valence-electron chi connectivity index (χ4n) is 6.26. The molecule has 4 rings (SSSR count). The van der Waals surface area contributed by atoms with Crippen molar-refractivity contribution in [2.24, 2.45) is 11.3 Å². The second-order valence-electron chi connectivity index (χ2n) is 11.7. The summed E-state index contributed by atoms with van der Waals surface area (Å²) in [7, 11) is 0. The fourth-order valence-corrected chi connectivity index (χ4v) is 6.26. The van der Waals surface area contributed by atoms with Gasteiger partial charge < -0.3 is 15.0 Å². The number of halogens is 2. The van der Waals surface area contributed by atoms with Gasteiger partial charge in [-0.25, -0.2) is 8.78 Å². The quantitative estimate of drug-likeness (QED) is 0.629. The minimum absolute atomic E-state index is 0.00740. The molecule has 206 valence electrons. The van der Waals surface area contributed by atoms with Crippen LogP contribution in [0.15, 0.2) is 18.2 Å². The molecule has 3 fully saturated rings. The van der Waals surface area contributed by atoms with E-state index in [-0.39, 0.29) is 23.8 Å². The zero-order chi connectivity index (χ0) is 26.4. The van der Waals surface area contributed by atoms with Crippen molar-refractivity contribution in [1.29, 1.82) is 0 Å². The molecule has 0 unspecified atom stereocenters. The standard InChI is InChI=1S/C29H43F2N3O3/c1-21(2)15-26-27(35)34-11-6-7-25(34)20-37-14-5-3-4-8-29(28(36)32-26)9-12-33(13-10-29)19-22-16-23(30)18-24(31)17-22/h16-18,21,25-26H,3-15,19-20H2,1-2H3,(H,32,36)/t25-,26-/m0/s1. The van der Waals surface area contributed by atoms with Crippen LogP contribution in [0.5, 0.6) is 0 Å². The maximum Gasteiger partial charge on any atom is 0.245 e. The number of amides is 2. The highest BCUT2D eigenvalue weighted by atomic mass is 19.1. The second-order valence-corrected chi connectivity index (χ2v) is 11.7. The van der Waals surface area contributed by atoms with E-state index < -0.39 is 23.1 Å². The highest BCUT2D eigenvalue weighted by Crippen LogP contribution is 2.38. The molecule has 0 aliphatic carbocycles. The molecule has 3 aliphatic rings. The second kappa shape index (κ2) is 12.7. The minimum atomic E-state index is -0.570. The first kappa shape index (κ1) is 28.0. The number of rotatable bonds is 4. The van der Waals surface area contributed by atoms with Crippen LogP contribution in [-0.2, 0) is 20.9 Å². The van der Waals surface area contributed by atoms with Crippen molar-refractivity contribution in [3.8, 4) is 0 Å². The number of fused-ring (bicyclic) bond motifs is 1. The van der Waals surface area contributed by atoms with E-state index in [0.717, 1.165) is 51.1 Å². The highest BCUT2D eigenvalue weighted by molar-refractivity contribution is 5.90. The van der Waals surface area contributed by atoms with Gasteiger partial charge in [0.2, 0.25) is 11.8 Å². The van der Waals surface area contributed by atoms with Gasteiger partial charge in [-0.15, -0.1) is 0 Å². The maximum absolute atomic E-state index is 13.9. The zero-order valence-electron chi connectivity index (χ0n) is 22.4. The fraction of sp³-hybridized carbons (Fsp3) is 0.724. The van der Waals surface area contributed by atoms with Crippen LogP contribution >= 0.6 is 0 Å². The van der Waals surface area contributed by atoms with E-state index in [1.807, 2.05) is 4.90 Å². The van der Waals surface area contributed by atoms with Crippen molar-refractivity contribution in [2.75, 3.05) is 32.8 Å². The summed E-state index contributed by atoms with van der Waals surface area (Å²) in [6.45, 7) is 7.94. The minimum Gasteiger partial charge on any atom is -0.379 e. The normalized spacial score (nSPS) is 26.2. The molecule has 1 N–H and O–H groups in total. The highest BCUT2D eigenvalue weighted by Gasteiger charge is 2.43. The number of carbonyl (C=O) groups is 2. The molecule has 2 amide bonds. The Morgan fingerprint density at radius 1 is 1.00 bits per heavy atom. The topological polar surface area (TPSA) is 61.9 Å². The van der Waals surface area contributed by atoms with Gasteiger partial charge in [0.25, 0.3) is 0 Å². The lowest BCUT2D eigenvalue weighted by Gasteiger charge is -2.42. The van der Waals surface area contributed by atoms with E-state index >= 15 is 0 Å². The van der Waals surface area contributed by atoms with E-state index in [0.29, 0.717) is 57.7 Å². The lowest BCUT2D eigenvalue weighted by molar-refractivity contribution is -0.143. The third kappa shape index (κ3) is 7.29. The van der Waals surface area contributed by atoms with Crippen molar-refractivity contribution in [3.05, 3.63) is 35.4 Å². The van der Waals surface area contributed by atoms with E-state index in [1.54, 1.807) is 0 Å². The molecule has 8 heteroatoms. The molecule has 1 aromatic rings. The molecule has 37 heavy (non-hydrogen) atoms. The van der Waals surface area contributed by atoms with E-state index in [9.17, 15) is 18.4 Å². The molecule has 1 spiro atoms. The summed E-state index contributed by atoms with van der Waals surface area (Å²) < 4.78 is 33.3. The van der Waals surface area contributed by atoms with Gasteiger partial charge in [0.1, 0.15) is 17.7 Å². The van der Waals surface area contributed by atoms with Gasteiger partial charge in [-0.1, -0.05) is 26.7 Å². The third-order valence-electron chi connectivity index (χ3n) is 8.35. The molecular formula is C29H43F2N3O3. The van der Waals surface area contributed by atoms with Crippen molar-refractivity contribution in [1.82, 2.24) is 15.1 Å². The van der Waals surface area contributed by atoms with Gasteiger partial charge >= 0.3 is 0 Å². The summed E-state index contributed by atoms with van der Waals surface area (Å²) >= 11 is 0. The molecule has 0 aromatic heterocycles. The summed E-state index contributed by atoms with van der Waals surface area (Å²) in [6, 6.07) is 3.20. The Morgan fingerprint density at radius 2 is 1.73 bits per heavy atom. The molecule has 3 heterocycles. The molecule has 0 radical (unpaired) electrons. The number of benzene rings is 1. The zero-order valence-corrected chi connectivity index (χ0v) is 22.4. The monoisotopic (exact) mass is 519 g/mol. The SMILES string of the molecule is CC(C)C[C@@H]1NC(=O)C2(CCCCCOC[C@@H]3CCCN3C1=O)CCN(Cc1cc(F)cc(F)c1)CC2. The number of hydrogen-bond donors (Lipinski definition) is 1. The van der Waals surface area contributed by atoms with Crippen molar-refractivity contribution in [3.63, 3.8) is 0 Å². The van der Waals surface area contributed by atoms with Crippen LogP contribution in [0, 0.1) is 23.0 Å². The van der Waals surface area contributed by atoms with Crippen LogP contribution in [0.3, 0.4) is 0 Å². The number of piperidine rings is 1. The predicted molar refractivity (Wildman–Crippen MR) is 139 cm³/mol. The van der Waals surface area contributed by atoms with Crippen molar-refractivity contribution < 1.29 is 23.1 Å². The van der Waals surface area contributed by atoms with Crippen LogP contribution in [0.4, 0.5) is 8.78 Å². The van der Waals surface area contributed by atoms with Gasteiger partial charge in [-0.2, -0.15) is 0 Å². The first-order valence-corrected chi connectivity index (χ1v) is 14.1. The van der Waals surface area contributed by atoms with E-state index in [1.165, 1.54) is 12.1 Å². The number of carbonyl (C=O) groups excluding carboxylic acids is 2. The molecule has 3 saturated heterocycles. The van der Waals surface area contributed by atoms with Crippen LogP contribution < -0.4 is 5.32 Å². The van der Waals surface area contributed by atoms with Crippen molar-refractivity contribution in [2.45, 2.75) is 90.3 Å². The van der Waals surface area contributed by atoms with Gasteiger partial charge in [-0.05, 0) is 81.6 Å². The first-order chi connectivity index (χ1) is 17.8. The molecule has 6 nitrogen and oxygen atoms in total. The van der Waals surface area contributed by atoms with E-state index in [4.69, 9.17) is 4.74 Å². The van der Waals surface area contributed by atoms with Crippen molar-refractivity contribution >= 4 is 11.8 Å². The number of nitrogens with zero attached hydrogens (tertiary/aromatic N) is 2. The average molecular weight is 520 g/mol. The van der Waals surface area contributed by atoms with Gasteiger partial charge in [0, 0.05) is 25.8 Å². The number of nitrogens with one attached hydrogen (secondary N) is 1. The Kier molecular flexibility index (Phi) is 9.57. The molecule has 3 aliphatic heterocycles. The molecule has 0 saturated carbocycles. The summed E-state index contributed by atoms with van der Waals surface area (Å²) in [4.78, 5) is 31.7. The smallest absolute Gasteiger partial charge is 0.245 e. The molecular weight excluding hydrogens is 476 g/mol. The molecule has 2 atom stereocenters. The van der Waals surface area contributed by atoms with Gasteiger partial charge in [0.05, 0.1) is 18.1 Å². The van der Waals surface area contributed by atoms with E-state index in [2.05, 4.69) is 24.1 Å². The number of hydrogen-bond acceptors (Lipinski definition) is 4. The summed E-state index contributed by atoms with van der Waals surface area (Å²) in [6.07, 6.45) is 7.53. The summed E-state index contributed by atoms with van der Waals surface area (Å²) in [5.74, 6) is -0.856. The third-order valence-corrected chi connectivity index (χ3v) is 8.35. The Bertz CT molecular complexity index is 913. The average Bonchev–Trinajstić information content (AvgIpc) is 3.30. The lowest BCUT2D eigenvalue weighted by Crippen LogP contribution is -2.56. The lowest BCUT2D eigenvalue weighted by atomic mass is 9.73. The number of likely N-dealkylation sites (tertiary alicyclic amines) is 1. The first-order valence-electron chi connectivity index (χ1n) is 14.1. The van der Waals surface area contributed by atoms with Gasteiger partial charge in [-0.3, -0.25) is 14.5 Å². The van der Waals surface area contributed by atoms with Crippen LogP contribution in [0.1, 0.15) is 77.2 Å². The number of ether oxygens (including phenoxy) is 1. The Hall–Kier alpha value is -2.06. The summed E-state index contributed by atoms with van der Waals surface area (Å²) in [5, 5.41) is 3.22. The van der Waals surface area contributed by atoms with Crippen LogP contribution in [0.2, 0.25) is 0 Å². The van der Waals surface area contributed by atoms with Crippen LogP contribution in [0.25, 0.3) is 0 Å². The largest absolute Gasteiger partial charge is 0.379 e.